The number of rotatable bonds is 8. The number of piperidine rings is 1. The summed E-state index contributed by atoms with van der Waals surface area (Å²) >= 11 is 0. The Bertz CT molecular complexity index is 1080. The summed E-state index contributed by atoms with van der Waals surface area (Å²) in [5.74, 6) is 0.254. The van der Waals surface area contributed by atoms with Crippen LogP contribution in [0.3, 0.4) is 0 Å². The third kappa shape index (κ3) is 5.08. The quantitative estimate of drug-likeness (QED) is 0.533. The van der Waals surface area contributed by atoms with Crippen molar-refractivity contribution in [3.8, 4) is 5.75 Å². The number of methoxy groups -OCH3 is 1. The molecule has 0 radical (unpaired) electrons. The second-order valence-corrected chi connectivity index (χ2v) is 8.34. The van der Waals surface area contributed by atoms with Crippen molar-refractivity contribution in [2.75, 3.05) is 18.6 Å². The number of benzene rings is 2. The van der Waals surface area contributed by atoms with Gasteiger partial charge in [0.2, 0.25) is 11.8 Å². The minimum Gasteiger partial charge on any atom is -0.496 e. The molecule has 0 saturated carbocycles. The Morgan fingerprint density at radius 2 is 1.94 bits per heavy atom. The van der Waals surface area contributed by atoms with Gasteiger partial charge in [-0.05, 0) is 44.0 Å². The van der Waals surface area contributed by atoms with Gasteiger partial charge >= 0.3 is 0 Å². The highest BCUT2D eigenvalue weighted by molar-refractivity contribution is 5.97. The summed E-state index contributed by atoms with van der Waals surface area (Å²) in [6.07, 6.45) is 5.25. The Balaban J connectivity index is 1.60. The molecule has 1 fully saturated rings. The van der Waals surface area contributed by atoms with E-state index in [2.05, 4.69) is 10.4 Å². The molecule has 0 bridgehead atoms. The second-order valence-electron chi connectivity index (χ2n) is 8.34. The molecule has 0 spiro atoms. The Morgan fingerprint density at radius 3 is 2.67 bits per heavy atom. The van der Waals surface area contributed by atoms with Crippen molar-refractivity contribution >= 4 is 17.5 Å². The van der Waals surface area contributed by atoms with Gasteiger partial charge in [-0.25, -0.2) is 0 Å². The number of aryl methyl sites for hydroxylation is 2. The summed E-state index contributed by atoms with van der Waals surface area (Å²) in [4.78, 5) is 28.3. The molecule has 7 heteroatoms. The molecule has 2 amide bonds. The smallest absolute Gasteiger partial charge is 0.227 e. The zero-order valence-corrected chi connectivity index (χ0v) is 19.1. The Labute approximate surface area is 194 Å². The number of para-hydroxylation sites is 1. The molecule has 7 nitrogen and oxygen atoms in total. The minimum atomic E-state index is -0.448. The summed E-state index contributed by atoms with van der Waals surface area (Å²) in [5.41, 5.74) is 2.74. The molecule has 3 aromatic rings. The maximum absolute atomic E-state index is 13.4. The summed E-state index contributed by atoms with van der Waals surface area (Å²) in [5, 5.41) is 7.29. The van der Waals surface area contributed by atoms with Gasteiger partial charge in [0, 0.05) is 43.2 Å². The van der Waals surface area contributed by atoms with Crippen LogP contribution in [-0.4, -0.2) is 35.2 Å². The lowest BCUT2D eigenvalue weighted by molar-refractivity contribution is -0.129. The Morgan fingerprint density at radius 1 is 1.15 bits per heavy atom. The number of anilines is 1. The standard InChI is InChI=1S/C26H30N4O3/c1-19-9-11-20(12-10-19)30-24(31)14-13-22(25(30)21-7-3-4-8-23(21)33-2)26(32)27-15-5-17-29-18-6-16-28-29/h3-4,6-12,16,18,22,25H,5,13-15,17H2,1-2H3,(H,27,32). The first-order valence-corrected chi connectivity index (χ1v) is 11.4. The van der Waals surface area contributed by atoms with Gasteiger partial charge < -0.3 is 15.0 Å². The van der Waals surface area contributed by atoms with Gasteiger partial charge in [0.1, 0.15) is 5.75 Å². The summed E-state index contributed by atoms with van der Waals surface area (Å²) in [6.45, 7) is 3.30. The van der Waals surface area contributed by atoms with Crippen molar-refractivity contribution < 1.29 is 14.3 Å². The van der Waals surface area contributed by atoms with E-state index in [0.29, 0.717) is 25.1 Å². The number of aromatic nitrogens is 2. The molecule has 4 rings (SSSR count). The van der Waals surface area contributed by atoms with Gasteiger partial charge in [0.15, 0.2) is 0 Å². The molecule has 2 unspecified atom stereocenters. The van der Waals surface area contributed by atoms with Crippen molar-refractivity contribution in [2.45, 2.75) is 38.8 Å². The average molecular weight is 447 g/mol. The predicted molar refractivity (Wildman–Crippen MR) is 127 cm³/mol. The van der Waals surface area contributed by atoms with Gasteiger partial charge in [0.25, 0.3) is 0 Å². The fourth-order valence-electron chi connectivity index (χ4n) is 4.46. The fourth-order valence-corrected chi connectivity index (χ4v) is 4.46. The van der Waals surface area contributed by atoms with Crippen molar-refractivity contribution in [2.24, 2.45) is 5.92 Å². The molecule has 33 heavy (non-hydrogen) atoms. The number of nitrogens with one attached hydrogen (secondary N) is 1. The van der Waals surface area contributed by atoms with Gasteiger partial charge in [-0.1, -0.05) is 35.9 Å². The van der Waals surface area contributed by atoms with Crippen LogP contribution < -0.4 is 15.0 Å². The zero-order valence-electron chi connectivity index (χ0n) is 19.1. The van der Waals surface area contributed by atoms with Crippen LogP contribution in [0.4, 0.5) is 5.69 Å². The third-order valence-electron chi connectivity index (χ3n) is 6.13. The summed E-state index contributed by atoms with van der Waals surface area (Å²) < 4.78 is 7.48. The SMILES string of the molecule is COc1ccccc1C1C(C(=O)NCCCn2cccn2)CCC(=O)N1c1ccc(C)cc1. The van der Waals surface area contributed by atoms with Crippen LogP contribution in [0.15, 0.2) is 67.0 Å². The predicted octanol–water partition coefficient (Wildman–Crippen LogP) is 3.89. The van der Waals surface area contributed by atoms with Crippen LogP contribution >= 0.6 is 0 Å². The van der Waals surface area contributed by atoms with Gasteiger partial charge in [0.05, 0.1) is 19.1 Å². The molecule has 2 heterocycles. The summed E-state index contributed by atoms with van der Waals surface area (Å²) in [7, 11) is 1.62. The first-order valence-electron chi connectivity index (χ1n) is 11.4. The maximum atomic E-state index is 13.4. The molecule has 2 atom stereocenters. The first kappa shape index (κ1) is 22.6. The number of carbonyl (C=O) groups excluding carboxylic acids is 2. The molecule has 1 aliphatic heterocycles. The number of ether oxygens (including phenoxy) is 1. The Kier molecular flexibility index (Phi) is 7.07. The molecule has 1 N–H and O–H groups in total. The van der Waals surface area contributed by atoms with E-state index in [1.807, 2.05) is 72.4 Å². The number of nitrogens with zero attached hydrogens (tertiary/aromatic N) is 3. The van der Waals surface area contributed by atoms with E-state index in [4.69, 9.17) is 4.74 Å². The van der Waals surface area contributed by atoms with E-state index >= 15 is 0 Å². The van der Waals surface area contributed by atoms with E-state index < -0.39 is 6.04 Å². The molecular formula is C26H30N4O3. The number of hydrogen-bond donors (Lipinski definition) is 1. The van der Waals surface area contributed by atoms with Gasteiger partial charge in [-0.3, -0.25) is 14.3 Å². The second kappa shape index (κ2) is 10.3. The lowest BCUT2D eigenvalue weighted by atomic mass is 9.82. The van der Waals surface area contributed by atoms with Crippen molar-refractivity contribution in [1.82, 2.24) is 15.1 Å². The van der Waals surface area contributed by atoms with E-state index in [1.165, 1.54) is 0 Å². The molecule has 1 aromatic heterocycles. The van der Waals surface area contributed by atoms with Crippen molar-refractivity contribution in [3.05, 3.63) is 78.1 Å². The van der Waals surface area contributed by atoms with E-state index in [0.717, 1.165) is 29.8 Å². The molecule has 2 aromatic carbocycles. The van der Waals surface area contributed by atoms with Crippen LogP contribution in [-0.2, 0) is 16.1 Å². The van der Waals surface area contributed by atoms with Crippen LogP contribution in [0.1, 0.15) is 36.4 Å². The van der Waals surface area contributed by atoms with Crippen molar-refractivity contribution in [3.63, 3.8) is 0 Å². The van der Waals surface area contributed by atoms with Gasteiger partial charge in [-0.15, -0.1) is 0 Å². The van der Waals surface area contributed by atoms with Crippen molar-refractivity contribution in [1.29, 1.82) is 0 Å². The van der Waals surface area contributed by atoms with Crippen LogP contribution in [0.25, 0.3) is 0 Å². The lowest BCUT2D eigenvalue weighted by Gasteiger charge is -2.41. The highest BCUT2D eigenvalue weighted by Gasteiger charge is 2.42. The largest absolute Gasteiger partial charge is 0.496 e. The third-order valence-corrected chi connectivity index (χ3v) is 6.13. The van der Waals surface area contributed by atoms with Crippen LogP contribution in [0.2, 0.25) is 0 Å². The molecule has 0 aliphatic carbocycles. The number of amides is 2. The zero-order chi connectivity index (χ0) is 23.2. The molecule has 1 saturated heterocycles. The maximum Gasteiger partial charge on any atom is 0.227 e. The lowest BCUT2D eigenvalue weighted by Crippen LogP contribution is -2.48. The highest BCUT2D eigenvalue weighted by Crippen LogP contribution is 2.43. The summed E-state index contributed by atoms with van der Waals surface area (Å²) in [6, 6.07) is 16.9. The highest BCUT2D eigenvalue weighted by atomic mass is 16.5. The molecule has 172 valence electrons. The van der Waals surface area contributed by atoms with E-state index in [9.17, 15) is 9.59 Å². The van der Waals surface area contributed by atoms with Gasteiger partial charge in [-0.2, -0.15) is 5.10 Å². The monoisotopic (exact) mass is 446 g/mol. The topological polar surface area (TPSA) is 76.5 Å². The molecular weight excluding hydrogens is 416 g/mol. The van der Waals surface area contributed by atoms with E-state index in [-0.39, 0.29) is 17.7 Å². The first-order chi connectivity index (χ1) is 16.1. The fraction of sp³-hybridized carbons (Fsp3) is 0.346. The number of carbonyl (C=O) groups is 2. The molecule has 1 aliphatic rings. The minimum absolute atomic E-state index is 0.0116. The number of hydrogen-bond acceptors (Lipinski definition) is 4. The van der Waals surface area contributed by atoms with Crippen LogP contribution in [0, 0.1) is 12.8 Å². The Hall–Kier alpha value is -3.61. The van der Waals surface area contributed by atoms with E-state index in [1.54, 1.807) is 18.2 Å². The average Bonchev–Trinajstić information content (AvgIpc) is 3.36. The van der Waals surface area contributed by atoms with Crippen LogP contribution in [0.5, 0.6) is 5.75 Å². The normalized spacial score (nSPS) is 18.2.